The number of thioether (sulfide) groups is 1. The van der Waals surface area contributed by atoms with Gasteiger partial charge in [-0.2, -0.15) is 0 Å². The quantitative estimate of drug-likeness (QED) is 0.906. The normalized spacial score (nSPS) is 16.3. The molecule has 3 rings (SSSR count). The molecule has 2 aromatic carbocycles. The van der Waals surface area contributed by atoms with E-state index in [2.05, 4.69) is 29.6 Å². The molecule has 0 bridgehead atoms. The first-order valence-corrected chi connectivity index (χ1v) is 8.01. The van der Waals surface area contributed by atoms with Gasteiger partial charge in [-0.05, 0) is 29.7 Å². The predicted molar refractivity (Wildman–Crippen MR) is 84.4 cm³/mol. The summed E-state index contributed by atoms with van der Waals surface area (Å²) in [5, 5.41) is 3.00. The van der Waals surface area contributed by atoms with Gasteiger partial charge in [0.05, 0.1) is 12.6 Å². The van der Waals surface area contributed by atoms with E-state index in [-0.39, 0.29) is 12.1 Å². The summed E-state index contributed by atoms with van der Waals surface area (Å²) >= 11 is 1.80. The molecular weight excluding hydrogens is 282 g/mol. The molecule has 0 fully saturated rings. The molecule has 4 heteroatoms. The van der Waals surface area contributed by atoms with Crippen molar-refractivity contribution in [2.75, 3.05) is 6.61 Å². The molecule has 108 valence electrons. The summed E-state index contributed by atoms with van der Waals surface area (Å²) in [6, 6.07) is 16.3. The summed E-state index contributed by atoms with van der Waals surface area (Å²) in [6.07, 6.45) is -0.376. The Labute approximate surface area is 128 Å². The highest BCUT2D eigenvalue weighted by Gasteiger charge is 2.25. The van der Waals surface area contributed by atoms with Crippen molar-refractivity contribution >= 4 is 17.9 Å². The summed E-state index contributed by atoms with van der Waals surface area (Å²) in [5.74, 6) is 0.911. The first-order chi connectivity index (χ1) is 10.3. The molecule has 2 aromatic rings. The summed E-state index contributed by atoms with van der Waals surface area (Å²) in [4.78, 5) is 13.1. The van der Waals surface area contributed by atoms with E-state index in [4.69, 9.17) is 4.74 Å². The molecule has 0 saturated heterocycles. The number of nitrogens with one attached hydrogen (secondary N) is 1. The van der Waals surface area contributed by atoms with Gasteiger partial charge >= 0.3 is 6.09 Å². The zero-order valence-electron chi connectivity index (χ0n) is 11.8. The first-order valence-electron chi connectivity index (χ1n) is 7.02. The number of hydrogen-bond acceptors (Lipinski definition) is 3. The van der Waals surface area contributed by atoms with Gasteiger partial charge in [0.25, 0.3) is 0 Å². The maximum absolute atomic E-state index is 11.9. The number of ether oxygens (including phenoxy) is 1. The van der Waals surface area contributed by atoms with Gasteiger partial charge in [0.2, 0.25) is 0 Å². The van der Waals surface area contributed by atoms with Gasteiger partial charge in [-0.1, -0.05) is 42.5 Å². The van der Waals surface area contributed by atoms with Crippen molar-refractivity contribution in [3.05, 3.63) is 65.2 Å². The van der Waals surface area contributed by atoms with Crippen molar-refractivity contribution in [2.24, 2.45) is 0 Å². The fourth-order valence-corrected chi connectivity index (χ4v) is 3.67. The van der Waals surface area contributed by atoms with E-state index in [0.717, 1.165) is 16.9 Å². The molecule has 0 spiro atoms. The fraction of sp³-hybridized carbons (Fsp3) is 0.235. The highest BCUT2D eigenvalue weighted by Crippen LogP contribution is 2.39. The lowest BCUT2D eigenvalue weighted by molar-refractivity contribution is 0.149. The highest BCUT2D eigenvalue weighted by atomic mass is 32.2. The Balaban J connectivity index is 2.04. The summed E-state index contributed by atoms with van der Waals surface area (Å²) < 4.78 is 5.06. The Kier molecular flexibility index (Phi) is 4.15. The highest BCUT2D eigenvalue weighted by molar-refractivity contribution is 7.98. The number of alkyl carbamates (subject to hydrolysis) is 1. The van der Waals surface area contributed by atoms with Crippen LogP contribution >= 0.6 is 11.8 Å². The van der Waals surface area contributed by atoms with Gasteiger partial charge in [-0.25, -0.2) is 4.79 Å². The van der Waals surface area contributed by atoms with Crippen LogP contribution in [0.1, 0.15) is 29.7 Å². The van der Waals surface area contributed by atoms with Gasteiger partial charge in [-0.15, -0.1) is 11.8 Å². The summed E-state index contributed by atoms with van der Waals surface area (Å²) in [5.41, 5.74) is 3.52. The number of hydrogen-bond donors (Lipinski definition) is 1. The number of fused-ring (bicyclic) bond motifs is 2. The van der Waals surface area contributed by atoms with Crippen molar-refractivity contribution < 1.29 is 9.53 Å². The molecule has 21 heavy (non-hydrogen) atoms. The minimum Gasteiger partial charge on any atom is -0.450 e. The number of carbonyl (C=O) groups is 1. The second-order valence-electron chi connectivity index (χ2n) is 4.82. The van der Waals surface area contributed by atoms with Crippen LogP contribution in [0.25, 0.3) is 0 Å². The predicted octanol–water partition coefficient (Wildman–Crippen LogP) is 4.13. The second kappa shape index (κ2) is 6.22. The van der Waals surface area contributed by atoms with Gasteiger partial charge in [0, 0.05) is 10.6 Å². The molecule has 3 nitrogen and oxygen atoms in total. The Morgan fingerprint density at radius 2 is 1.90 bits per heavy atom. The van der Waals surface area contributed by atoms with Crippen LogP contribution in [0.2, 0.25) is 0 Å². The van der Waals surface area contributed by atoms with Gasteiger partial charge < -0.3 is 10.1 Å². The van der Waals surface area contributed by atoms with Crippen LogP contribution in [0.3, 0.4) is 0 Å². The Morgan fingerprint density at radius 1 is 1.19 bits per heavy atom. The Bertz CT molecular complexity index is 609. The van der Waals surface area contributed by atoms with Crippen LogP contribution in [0, 0.1) is 0 Å². The largest absolute Gasteiger partial charge is 0.450 e. The average molecular weight is 299 g/mol. The van der Waals surface area contributed by atoms with E-state index < -0.39 is 0 Å². The molecule has 1 amide bonds. The third kappa shape index (κ3) is 2.90. The lowest BCUT2D eigenvalue weighted by Gasteiger charge is -2.21. The van der Waals surface area contributed by atoms with Crippen molar-refractivity contribution in [1.82, 2.24) is 5.32 Å². The SMILES string of the molecule is CCOC(=O)N[C@@H]1c2ccccc2CSc2ccccc21. The number of rotatable bonds is 2. The zero-order chi connectivity index (χ0) is 14.7. The van der Waals surface area contributed by atoms with Gasteiger partial charge in [0.15, 0.2) is 0 Å². The fourth-order valence-electron chi connectivity index (χ4n) is 2.57. The number of carbonyl (C=O) groups excluding carboxylic acids is 1. The Morgan fingerprint density at radius 3 is 2.71 bits per heavy atom. The third-order valence-electron chi connectivity index (χ3n) is 3.52. The number of benzene rings is 2. The minimum absolute atomic E-state index is 0.161. The van der Waals surface area contributed by atoms with Crippen LogP contribution in [0.15, 0.2) is 53.4 Å². The van der Waals surface area contributed by atoms with Crippen molar-refractivity contribution in [3.8, 4) is 0 Å². The van der Waals surface area contributed by atoms with Crippen LogP contribution in [0.4, 0.5) is 4.79 Å². The monoisotopic (exact) mass is 299 g/mol. The molecule has 1 N–H and O–H groups in total. The average Bonchev–Trinajstić information content (AvgIpc) is 2.66. The summed E-state index contributed by atoms with van der Waals surface area (Å²) in [7, 11) is 0. The molecule has 1 aliphatic heterocycles. The molecule has 0 aromatic heterocycles. The van der Waals surface area contributed by atoms with E-state index >= 15 is 0 Å². The van der Waals surface area contributed by atoms with Crippen LogP contribution < -0.4 is 5.32 Å². The maximum Gasteiger partial charge on any atom is 0.407 e. The van der Waals surface area contributed by atoms with E-state index in [0.29, 0.717) is 6.61 Å². The second-order valence-corrected chi connectivity index (χ2v) is 5.84. The lowest BCUT2D eigenvalue weighted by Crippen LogP contribution is -2.30. The van der Waals surface area contributed by atoms with Gasteiger partial charge in [0.1, 0.15) is 0 Å². The van der Waals surface area contributed by atoms with Crippen LogP contribution in [0.5, 0.6) is 0 Å². The standard InChI is InChI=1S/C17H17NO2S/c1-2-20-17(19)18-16-13-8-4-3-7-12(13)11-21-15-10-6-5-9-14(15)16/h3-10,16H,2,11H2,1H3,(H,18,19)/t16-/m1/s1. The molecule has 0 radical (unpaired) electrons. The van der Waals surface area contributed by atoms with E-state index in [1.54, 1.807) is 11.8 Å². The van der Waals surface area contributed by atoms with Crippen LogP contribution in [-0.2, 0) is 10.5 Å². The van der Waals surface area contributed by atoms with Crippen molar-refractivity contribution in [1.29, 1.82) is 0 Å². The summed E-state index contributed by atoms with van der Waals surface area (Å²) in [6.45, 7) is 2.18. The third-order valence-corrected chi connectivity index (χ3v) is 4.66. The smallest absolute Gasteiger partial charge is 0.407 e. The van der Waals surface area contributed by atoms with Crippen molar-refractivity contribution in [2.45, 2.75) is 23.6 Å². The number of amides is 1. The van der Waals surface area contributed by atoms with Crippen LogP contribution in [-0.4, -0.2) is 12.7 Å². The molecular formula is C17H17NO2S. The molecule has 0 saturated carbocycles. The Hall–Kier alpha value is -1.94. The van der Waals surface area contributed by atoms with Crippen molar-refractivity contribution in [3.63, 3.8) is 0 Å². The molecule has 0 unspecified atom stereocenters. The molecule has 1 heterocycles. The lowest BCUT2D eigenvalue weighted by atomic mass is 9.95. The topological polar surface area (TPSA) is 38.3 Å². The van der Waals surface area contributed by atoms with E-state index in [9.17, 15) is 4.79 Å². The van der Waals surface area contributed by atoms with E-state index in [1.165, 1.54) is 10.5 Å². The molecule has 1 atom stereocenters. The van der Waals surface area contributed by atoms with Gasteiger partial charge in [-0.3, -0.25) is 0 Å². The molecule has 0 aliphatic carbocycles. The minimum atomic E-state index is -0.376. The maximum atomic E-state index is 11.9. The zero-order valence-corrected chi connectivity index (χ0v) is 12.7. The van der Waals surface area contributed by atoms with E-state index in [1.807, 2.05) is 31.2 Å². The molecule has 1 aliphatic rings. The first kappa shape index (κ1) is 14.0.